The minimum Gasteiger partial charge on any atom is -0.339 e. The normalized spacial score (nSPS) is 19.6. The average Bonchev–Trinajstić information content (AvgIpc) is 3.00. The maximum Gasteiger partial charge on any atom is 0.252 e. The van der Waals surface area contributed by atoms with Crippen molar-refractivity contribution in [3.05, 3.63) is 16.5 Å². The van der Waals surface area contributed by atoms with Crippen molar-refractivity contribution in [3.8, 4) is 0 Å². The fourth-order valence-electron chi connectivity index (χ4n) is 2.42. The minimum atomic E-state index is -3.53. The number of hydrogen-bond acceptors (Lipinski definition) is 5. The molecule has 1 aliphatic rings. The standard InChI is InChI=1S/C14H22ClN3O3S2/c1-3-10(2)13(16)14(19)17-6-8-18(9-7-17)23(20,21)12-5-4-11(15)22-12/h4-5,10,13H,3,6-9,16H2,1-2H3. The summed E-state index contributed by atoms with van der Waals surface area (Å²) in [6.07, 6.45) is 0.834. The Kier molecular flexibility index (Phi) is 6.07. The summed E-state index contributed by atoms with van der Waals surface area (Å²) in [5.74, 6) is 0.00749. The zero-order valence-corrected chi connectivity index (χ0v) is 15.6. The van der Waals surface area contributed by atoms with Gasteiger partial charge in [-0.25, -0.2) is 8.42 Å². The van der Waals surface area contributed by atoms with Crippen LogP contribution >= 0.6 is 22.9 Å². The summed E-state index contributed by atoms with van der Waals surface area (Å²) >= 11 is 6.86. The number of thiophene rings is 1. The molecular weight excluding hydrogens is 358 g/mol. The Labute approximate surface area is 146 Å². The molecule has 0 aliphatic carbocycles. The van der Waals surface area contributed by atoms with E-state index >= 15 is 0 Å². The number of halogens is 1. The lowest BCUT2D eigenvalue weighted by molar-refractivity contribution is -0.134. The van der Waals surface area contributed by atoms with E-state index in [-0.39, 0.29) is 29.1 Å². The van der Waals surface area contributed by atoms with Gasteiger partial charge in [-0.3, -0.25) is 4.79 Å². The highest BCUT2D eigenvalue weighted by molar-refractivity contribution is 7.91. The molecule has 2 rings (SSSR count). The first kappa shape index (κ1) is 18.7. The van der Waals surface area contributed by atoms with Gasteiger partial charge in [0.1, 0.15) is 4.21 Å². The number of amides is 1. The molecule has 1 amide bonds. The third kappa shape index (κ3) is 4.06. The fraction of sp³-hybridized carbons (Fsp3) is 0.643. The van der Waals surface area contributed by atoms with E-state index < -0.39 is 16.1 Å². The van der Waals surface area contributed by atoms with Crippen LogP contribution in [0.15, 0.2) is 16.3 Å². The van der Waals surface area contributed by atoms with E-state index in [2.05, 4.69) is 0 Å². The molecule has 1 saturated heterocycles. The van der Waals surface area contributed by atoms with Crippen molar-refractivity contribution in [1.29, 1.82) is 0 Å². The number of sulfonamides is 1. The van der Waals surface area contributed by atoms with Gasteiger partial charge in [0.05, 0.1) is 10.4 Å². The number of nitrogens with two attached hydrogens (primary N) is 1. The van der Waals surface area contributed by atoms with Gasteiger partial charge >= 0.3 is 0 Å². The van der Waals surface area contributed by atoms with E-state index in [0.717, 1.165) is 17.8 Å². The van der Waals surface area contributed by atoms with Crippen LogP contribution in [0, 0.1) is 5.92 Å². The van der Waals surface area contributed by atoms with Crippen LogP contribution in [0.3, 0.4) is 0 Å². The largest absolute Gasteiger partial charge is 0.339 e. The van der Waals surface area contributed by atoms with Crippen LogP contribution in [0.5, 0.6) is 0 Å². The van der Waals surface area contributed by atoms with Gasteiger partial charge < -0.3 is 10.6 Å². The van der Waals surface area contributed by atoms with Gasteiger partial charge in [-0.05, 0) is 18.1 Å². The molecule has 0 bridgehead atoms. The van der Waals surface area contributed by atoms with E-state index in [1.54, 1.807) is 11.0 Å². The van der Waals surface area contributed by atoms with Gasteiger partial charge in [0.25, 0.3) is 10.0 Å². The molecular formula is C14H22ClN3O3S2. The van der Waals surface area contributed by atoms with Gasteiger partial charge in [0.2, 0.25) is 5.91 Å². The quantitative estimate of drug-likeness (QED) is 0.842. The zero-order chi connectivity index (χ0) is 17.2. The topological polar surface area (TPSA) is 83.7 Å². The maximum absolute atomic E-state index is 12.5. The van der Waals surface area contributed by atoms with E-state index in [0.29, 0.717) is 17.4 Å². The van der Waals surface area contributed by atoms with Crippen LogP contribution in [-0.2, 0) is 14.8 Å². The molecule has 2 N–H and O–H groups in total. The molecule has 0 saturated carbocycles. The average molecular weight is 380 g/mol. The summed E-state index contributed by atoms with van der Waals surface area (Å²) in [5.41, 5.74) is 5.98. The number of carbonyl (C=O) groups excluding carboxylic acids is 1. The highest BCUT2D eigenvalue weighted by Crippen LogP contribution is 2.28. The van der Waals surface area contributed by atoms with E-state index in [4.69, 9.17) is 17.3 Å². The second kappa shape index (κ2) is 7.48. The van der Waals surface area contributed by atoms with Crippen molar-refractivity contribution >= 4 is 38.9 Å². The number of piperazine rings is 1. The molecule has 23 heavy (non-hydrogen) atoms. The summed E-state index contributed by atoms with van der Waals surface area (Å²) in [4.78, 5) is 14.0. The Hall–Kier alpha value is -0.670. The molecule has 0 aromatic carbocycles. The van der Waals surface area contributed by atoms with Gasteiger partial charge in [-0.1, -0.05) is 31.9 Å². The van der Waals surface area contributed by atoms with Crippen LogP contribution in [0.25, 0.3) is 0 Å². The van der Waals surface area contributed by atoms with Crippen LogP contribution in [-0.4, -0.2) is 55.8 Å². The monoisotopic (exact) mass is 379 g/mol. The smallest absolute Gasteiger partial charge is 0.252 e. The maximum atomic E-state index is 12.5. The highest BCUT2D eigenvalue weighted by atomic mass is 35.5. The van der Waals surface area contributed by atoms with Crippen molar-refractivity contribution in [2.45, 2.75) is 30.5 Å². The number of hydrogen-bond donors (Lipinski definition) is 1. The predicted octanol–water partition coefficient (Wildman–Crippen LogP) is 1.61. The molecule has 2 heterocycles. The molecule has 1 aromatic rings. The fourth-order valence-corrected chi connectivity index (χ4v) is 5.48. The number of rotatable bonds is 5. The summed E-state index contributed by atoms with van der Waals surface area (Å²) < 4.78 is 27.1. The van der Waals surface area contributed by atoms with E-state index in [1.165, 1.54) is 10.4 Å². The first-order chi connectivity index (χ1) is 10.8. The Balaban J connectivity index is 2.00. The Morgan fingerprint density at radius 1 is 1.35 bits per heavy atom. The van der Waals surface area contributed by atoms with Crippen LogP contribution in [0.1, 0.15) is 20.3 Å². The summed E-state index contributed by atoms with van der Waals surface area (Å²) in [6, 6.07) is 2.56. The van der Waals surface area contributed by atoms with Gasteiger partial charge in [-0.2, -0.15) is 4.31 Å². The number of carbonyl (C=O) groups is 1. The Morgan fingerprint density at radius 3 is 2.43 bits per heavy atom. The van der Waals surface area contributed by atoms with Gasteiger partial charge in [-0.15, -0.1) is 11.3 Å². The first-order valence-electron chi connectivity index (χ1n) is 7.57. The molecule has 1 aromatic heterocycles. The summed E-state index contributed by atoms with van der Waals surface area (Å²) in [5, 5.41) is 0. The SMILES string of the molecule is CCC(C)C(N)C(=O)N1CCN(S(=O)(=O)c2ccc(Cl)s2)CC1. The van der Waals surface area contributed by atoms with E-state index in [9.17, 15) is 13.2 Å². The van der Waals surface area contributed by atoms with Crippen LogP contribution in [0.2, 0.25) is 4.34 Å². The third-order valence-electron chi connectivity index (χ3n) is 4.24. The Bertz CT molecular complexity index is 654. The summed E-state index contributed by atoms with van der Waals surface area (Å²) in [6.45, 7) is 5.22. The van der Waals surface area contributed by atoms with Crippen molar-refractivity contribution in [3.63, 3.8) is 0 Å². The van der Waals surface area contributed by atoms with Crippen molar-refractivity contribution in [2.75, 3.05) is 26.2 Å². The summed E-state index contributed by atoms with van der Waals surface area (Å²) in [7, 11) is -3.53. The highest BCUT2D eigenvalue weighted by Gasteiger charge is 2.33. The lowest BCUT2D eigenvalue weighted by Crippen LogP contribution is -2.55. The van der Waals surface area contributed by atoms with Crippen molar-refractivity contribution < 1.29 is 13.2 Å². The molecule has 2 unspecified atom stereocenters. The minimum absolute atomic E-state index is 0.101. The molecule has 9 heteroatoms. The molecule has 1 aliphatic heterocycles. The number of nitrogens with zero attached hydrogens (tertiary/aromatic N) is 2. The second-order valence-electron chi connectivity index (χ2n) is 5.70. The van der Waals surface area contributed by atoms with Crippen LogP contribution in [0.4, 0.5) is 0 Å². The van der Waals surface area contributed by atoms with E-state index in [1.807, 2.05) is 13.8 Å². The molecule has 6 nitrogen and oxygen atoms in total. The Morgan fingerprint density at radius 2 is 1.96 bits per heavy atom. The first-order valence-corrected chi connectivity index (χ1v) is 10.2. The molecule has 0 spiro atoms. The van der Waals surface area contributed by atoms with Gasteiger partial charge in [0.15, 0.2) is 0 Å². The van der Waals surface area contributed by atoms with Crippen molar-refractivity contribution in [1.82, 2.24) is 9.21 Å². The molecule has 0 radical (unpaired) electrons. The second-order valence-corrected chi connectivity index (χ2v) is 9.58. The zero-order valence-electron chi connectivity index (χ0n) is 13.2. The lowest BCUT2D eigenvalue weighted by atomic mass is 9.99. The van der Waals surface area contributed by atoms with Gasteiger partial charge in [0, 0.05) is 26.2 Å². The van der Waals surface area contributed by atoms with Crippen LogP contribution < -0.4 is 5.73 Å². The molecule has 130 valence electrons. The van der Waals surface area contributed by atoms with Crippen molar-refractivity contribution in [2.24, 2.45) is 11.7 Å². The molecule has 2 atom stereocenters. The molecule has 1 fully saturated rings. The lowest BCUT2D eigenvalue weighted by Gasteiger charge is -2.35. The predicted molar refractivity (Wildman–Crippen MR) is 92.1 cm³/mol. The third-order valence-corrected chi connectivity index (χ3v) is 7.83.